The van der Waals surface area contributed by atoms with Crippen LogP contribution in [0.25, 0.3) is 0 Å². The number of rotatable bonds is 8. The molecule has 0 aliphatic carbocycles. The van der Waals surface area contributed by atoms with Gasteiger partial charge in [0.05, 0.1) is 4.99 Å². The number of sulfonamides is 1. The van der Waals surface area contributed by atoms with E-state index in [9.17, 15) is 8.42 Å². The van der Waals surface area contributed by atoms with Crippen molar-refractivity contribution in [2.45, 2.75) is 25.0 Å². The SMILES string of the molecule is CCC(C(N)=S)S(=O)(=O)NCCCOC. The number of nitrogens with two attached hydrogens (primary N) is 1. The Kier molecular flexibility index (Phi) is 6.99. The second kappa shape index (κ2) is 7.10. The molecule has 0 rings (SSSR count). The number of methoxy groups -OCH3 is 1. The average molecular weight is 254 g/mol. The molecule has 0 heterocycles. The van der Waals surface area contributed by atoms with Gasteiger partial charge in [0, 0.05) is 20.3 Å². The summed E-state index contributed by atoms with van der Waals surface area (Å²) in [6, 6.07) is 0. The molecule has 5 nitrogen and oxygen atoms in total. The molecule has 15 heavy (non-hydrogen) atoms. The predicted octanol–water partition coefficient (Wildman–Crippen LogP) is 0.00700. The first-order chi connectivity index (χ1) is 6.95. The van der Waals surface area contributed by atoms with Crippen LogP contribution in [0.4, 0.5) is 0 Å². The Morgan fingerprint density at radius 2 is 2.20 bits per heavy atom. The maximum atomic E-state index is 11.6. The molecule has 0 spiro atoms. The third kappa shape index (κ3) is 5.41. The van der Waals surface area contributed by atoms with Crippen LogP contribution in [0.15, 0.2) is 0 Å². The van der Waals surface area contributed by atoms with Crippen LogP contribution in [0.5, 0.6) is 0 Å². The normalized spacial score (nSPS) is 13.7. The first-order valence-corrected chi connectivity index (χ1v) is 6.68. The second-order valence-electron chi connectivity index (χ2n) is 3.08. The van der Waals surface area contributed by atoms with Crippen LogP contribution in [0, 0.1) is 0 Å². The van der Waals surface area contributed by atoms with Crippen molar-refractivity contribution < 1.29 is 13.2 Å². The topological polar surface area (TPSA) is 81.4 Å². The summed E-state index contributed by atoms with van der Waals surface area (Å²) in [6.45, 7) is 2.60. The highest BCUT2D eigenvalue weighted by Crippen LogP contribution is 2.04. The summed E-state index contributed by atoms with van der Waals surface area (Å²) in [5.41, 5.74) is 5.35. The molecule has 90 valence electrons. The van der Waals surface area contributed by atoms with Gasteiger partial charge in [-0.2, -0.15) is 0 Å². The summed E-state index contributed by atoms with van der Waals surface area (Å²) < 4.78 is 30.6. The number of hydrogen-bond donors (Lipinski definition) is 2. The van der Waals surface area contributed by atoms with Crippen LogP contribution >= 0.6 is 12.2 Å². The quantitative estimate of drug-likeness (QED) is 0.471. The monoisotopic (exact) mass is 254 g/mol. The van der Waals surface area contributed by atoms with Crippen LogP contribution in [0.1, 0.15) is 19.8 Å². The van der Waals surface area contributed by atoms with Gasteiger partial charge in [-0.25, -0.2) is 13.1 Å². The zero-order valence-electron chi connectivity index (χ0n) is 9.02. The van der Waals surface area contributed by atoms with Crippen LogP contribution < -0.4 is 10.5 Å². The molecule has 0 radical (unpaired) electrons. The lowest BCUT2D eigenvalue weighted by molar-refractivity contribution is 0.196. The van der Waals surface area contributed by atoms with Gasteiger partial charge in [-0.3, -0.25) is 0 Å². The summed E-state index contributed by atoms with van der Waals surface area (Å²) in [6.07, 6.45) is 1.01. The van der Waals surface area contributed by atoms with Gasteiger partial charge in [0.15, 0.2) is 0 Å². The highest BCUT2D eigenvalue weighted by Gasteiger charge is 2.25. The molecule has 0 aromatic rings. The zero-order chi connectivity index (χ0) is 11.9. The molecule has 0 aromatic carbocycles. The molecule has 0 saturated carbocycles. The highest BCUT2D eigenvalue weighted by molar-refractivity contribution is 7.93. The van der Waals surface area contributed by atoms with Crippen molar-refractivity contribution in [3.8, 4) is 0 Å². The van der Waals surface area contributed by atoms with Crippen LogP contribution in [-0.2, 0) is 14.8 Å². The van der Waals surface area contributed by atoms with Crippen molar-refractivity contribution in [2.24, 2.45) is 5.73 Å². The molecule has 0 amide bonds. The molecular formula is C8H18N2O3S2. The summed E-state index contributed by atoms with van der Waals surface area (Å²) >= 11 is 4.70. The molecule has 7 heteroatoms. The molecule has 1 atom stereocenters. The Balaban J connectivity index is 4.21. The van der Waals surface area contributed by atoms with Gasteiger partial charge in [-0.15, -0.1) is 0 Å². The molecule has 0 aliphatic rings. The van der Waals surface area contributed by atoms with Gasteiger partial charge in [-0.1, -0.05) is 19.1 Å². The number of hydrogen-bond acceptors (Lipinski definition) is 4. The molecule has 0 aromatic heterocycles. The summed E-state index contributed by atoms with van der Waals surface area (Å²) in [5, 5.41) is -0.782. The molecule has 3 N–H and O–H groups in total. The number of thiocarbonyl (C=S) groups is 1. The van der Waals surface area contributed by atoms with E-state index in [1.54, 1.807) is 14.0 Å². The van der Waals surface area contributed by atoms with Crippen molar-refractivity contribution in [3.63, 3.8) is 0 Å². The fraction of sp³-hybridized carbons (Fsp3) is 0.875. The fourth-order valence-electron chi connectivity index (χ4n) is 1.11. The van der Waals surface area contributed by atoms with Crippen molar-refractivity contribution in [1.82, 2.24) is 4.72 Å². The van der Waals surface area contributed by atoms with Crippen LogP contribution in [-0.4, -0.2) is 38.9 Å². The predicted molar refractivity (Wildman–Crippen MR) is 64.3 cm³/mol. The van der Waals surface area contributed by atoms with E-state index in [0.29, 0.717) is 26.0 Å². The van der Waals surface area contributed by atoms with E-state index >= 15 is 0 Å². The van der Waals surface area contributed by atoms with Crippen molar-refractivity contribution in [1.29, 1.82) is 0 Å². The second-order valence-corrected chi connectivity index (χ2v) is 5.50. The third-order valence-electron chi connectivity index (χ3n) is 1.89. The molecule has 0 saturated heterocycles. The Bertz CT molecular complexity index is 290. The Hall–Kier alpha value is -0.240. The largest absolute Gasteiger partial charge is 0.392 e. The van der Waals surface area contributed by atoms with E-state index in [1.165, 1.54) is 0 Å². The Labute approximate surface area is 96.4 Å². The standard InChI is InChI=1S/C8H18N2O3S2/c1-3-7(8(9)14)15(11,12)10-5-4-6-13-2/h7,10H,3-6H2,1-2H3,(H2,9,14). The lowest BCUT2D eigenvalue weighted by Gasteiger charge is -2.14. The van der Waals surface area contributed by atoms with E-state index < -0.39 is 15.3 Å². The van der Waals surface area contributed by atoms with E-state index in [-0.39, 0.29) is 4.99 Å². The average Bonchev–Trinajstić information content (AvgIpc) is 2.12. The van der Waals surface area contributed by atoms with E-state index in [0.717, 1.165) is 0 Å². The van der Waals surface area contributed by atoms with E-state index in [4.69, 9.17) is 22.7 Å². The maximum absolute atomic E-state index is 11.6. The van der Waals surface area contributed by atoms with Crippen molar-refractivity contribution in [2.75, 3.05) is 20.3 Å². The fourth-order valence-corrected chi connectivity index (χ4v) is 3.03. The maximum Gasteiger partial charge on any atom is 0.221 e. The zero-order valence-corrected chi connectivity index (χ0v) is 10.7. The van der Waals surface area contributed by atoms with Crippen LogP contribution in [0.3, 0.4) is 0 Å². The van der Waals surface area contributed by atoms with Gasteiger partial charge in [0.2, 0.25) is 10.0 Å². The van der Waals surface area contributed by atoms with Gasteiger partial charge < -0.3 is 10.5 Å². The first-order valence-electron chi connectivity index (χ1n) is 4.72. The highest BCUT2D eigenvalue weighted by atomic mass is 32.2. The Morgan fingerprint density at radius 3 is 2.60 bits per heavy atom. The molecule has 0 aliphatic heterocycles. The minimum absolute atomic E-state index is 0.0109. The first kappa shape index (κ1) is 14.8. The minimum atomic E-state index is -3.42. The number of ether oxygens (including phenoxy) is 1. The van der Waals surface area contributed by atoms with Crippen molar-refractivity contribution >= 4 is 27.2 Å². The summed E-state index contributed by atoms with van der Waals surface area (Å²) in [5.74, 6) is 0. The van der Waals surface area contributed by atoms with Gasteiger partial charge >= 0.3 is 0 Å². The van der Waals surface area contributed by atoms with Crippen molar-refractivity contribution in [3.05, 3.63) is 0 Å². The lowest BCUT2D eigenvalue weighted by atomic mass is 10.3. The number of nitrogens with one attached hydrogen (secondary N) is 1. The molecule has 0 bridgehead atoms. The molecular weight excluding hydrogens is 236 g/mol. The van der Waals surface area contributed by atoms with Crippen LogP contribution in [0.2, 0.25) is 0 Å². The van der Waals surface area contributed by atoms with Gasteiger partial charge in [0.25, 0.3) is 0 Å². The minimum Gasteiger partial charge on any atom is -0.392 e. The van der Waals surface area contributed by atoms with Gasteiger partial charge in [-0.05, 0) is 12.8 Å². The molecule has 1 unspecified atom stereocenters. The van der Waals surface area contributed by atoms with Gasteiger partial charge in [0.1, 0.15) is 5.25 Å². The Morgan fingerprint density at radius 1 is 1.60 bits per heavy atom. The molecule has 0 fully saturated rings. The summed E-state index contributed by atoms with van der Waals surface area (Å²) in [7, 11) is -1.86. The third-order valence-corrected chi connectivity index (χ3v) is 4.27. The summed E-state index contributed by atoms with van der Waals surface area (Å²) in [4.78, 5) is 0.0109. The van der Waals surface area contributed by atoms with E-state index in [2.05, 4.69) is 4.72 Å². The van der Waals surface area contributed by atoms with E-state index in [1.807, 2.05) is 0 Å². The lowest BCUT2D eigenvalue weighted by Crippen LogP contribution is -2.42. The smallest absolute Gasteiger partial charge is 0.221 e.